The summed E-state index contributed by atoms with van der Waals surface area (Å²) in [4.78, 5) is 41.3. The number of benzene rings is 1. The van der Waals surface area contributed by atoms with E-state index < -0.39 is 25.1 Å². The van der Waals surface area contributed by atoms with Gasteiger partial charge in [0.25, 0.3) is 0 Å². The van der Waals surface area contributed by atoms with Crippen molar-refractivity contribution in [2.45, 2.75) is 96.7 Å². The predicted octanol–water partition coefficient (Wildman–Crippen LogP) is 5.70. The third kappa shape index (κ3) is 5.35. The van der Waals surface area contributed by atoms with E-state index in [2.05, 4.69) is 40.5 Å². The molecule has 3 N–H and O–H groups in total. The molecule has 4 rings (SSSR count). The lowest BCUT2D eigenvalue weighted by Crippen LogP contribution is -2.52. The number of hydrogen-bond donors (Lipinski definition) is 3. The van der Waals surface area contributed by atoms with Crippen LogP contribution in [0, 0.1) is 5.41 Å². The number of anilines is 1. The van der Waals surface area contributed by atoms with Crippen LogP contribution in [-0.4, -0.2) is 47.7 Å². The molecule has 0 unspecified atom stereocenters. The van der Waals surface area contributed by atoms with Crippen molar-refractivity contribution in [3.05, 3.63) is 47.2 Å². The van der Waals surface area contributed by atoms with Crippen LogP contribution < -0.4 is 10.6 Å². The van der Waals surface area contributed by atoms with Gasteiger partial charge in [0.15, 0.2) is 5.82 Å². The number of hydrogen-bond acceptors (Lipinski definition) is 5. The normalized spacial score (nSPS) is 18.5. The number of carbonyl (C=O) groups excluding carboxylic acids is 3. The second-order valence-corrected chi connectivity index (χ2v) is 18.9. The molecule has 212 valence electrons. The number of aromatic amines is 1. The fourth-order valence-corrected chi connectivity index (χ4v) is 8.13. The van der Waals surface area contributed by atoms with E-state index in [4.69, 9.17) is 4.74 Å². The molecule has 1 aromatic carbocycles. The van der Waals surface area contributed by atoms with Gasteiger partial charge in [-0.15, -0.1) is 0 Å². The maximum atomic E-state index is 13.7. The Bertz CT molecular complexity index is 1240. The summed E-state index contributed by atoms with van der Waals surface area (Å²) in [6.07, 6.45) is 2.91. The molecule has 1 aliphatic carbocycles. The maximum absolute atomic E-state index is 13.7. The van der Waals surface area contributed by atoms with Crippen molar-refractivity contribution in [1.82, 2.24) is 20.4 Å². The van der Waals surface area contributed by atoms with Gasteiger partial charge in [0, 0.05) is 10.6 Å². The fourth-order valence-electron chi connectivity index (χ4n) is 5.53. The second-order valence-electron chi connectivity index (χ2n) is 13.5. The molecule has 10 heteroatoms. The molecule has 2 aromatic rings. The predicted molar refractivity (Wildman–Crippen MR) is 154 cm³/mol. The first-order chi connectivity index (χ1) is 18.1. The smallest absolute Gasteiger partial charge is 0.319 e. The number of ether oxygens (including phenoxy) is 1. The Morgan fingerprint density at radius 3 is 2.31 bits per heavy atom. The van der Waals surface area contributed by atoms with E-state index in [1.54, 1.807) is 25.7 Å². The molecule has 1 saturated carbocycles. The van der Waals surface area contributed by atoms with Gasteiger partial charge >= 0.3 is 12.0 Å². The van der Waals surface area contributed by atoms with Crippen LogP contribution in [0.2, 0.25) is 24.7 Å². The molecule has 3 amide bonds. The van der Waals surface area contributed by atoms with Crippen LogP contribution in [0.4, 0.5) is 10.6 Å². The van der Waals surface area contributed by atoms with Crippen LogP contribution in [0.1, 0.15) is 76.7 Å². The standard InChI is InChI=1S/C29H43N5O4Si/c1-27(2,3)25(36)38-18-21(19-13-10-9-11-14-19)30-26(37)34-17-20-22(28(34,4)5)32-33-23(20)31-24(35)29(15-12-16-29)39(6,7)8/h9-11,13-14,21H,12,15-18H2,1-8H3,(H,30,37)(H2,31,32,33,35)/t21-/m1/s1. The van der Waals surface area contributed by atoms with Crippen LogP contribution >= 0.6 is 0 Å². The first kappa shape index (κ1) is 28.9. The number of esters is 1. The highest BCUT2D eigenvalue weighted by Crippen LogP contribution is 2.56. The molecule has 0 radical (unpaired) electrons. The first-order valence-corrected chi connectivity index (χ1v) is 17.3. The lowest BCUT2D eigenvalue weighted by Gasteiger charge is -2.48. The molecule has 1 atom stereocenters. The average molecular weight is 554 g/mol. The Hall–Kier alpha value is -3.14. The highest BCUT2D eigenvalue weighted by Gasteiger charge is 2.54. The zero-order valence-corrected chi connectivity index (χ0v) is 25.5. The minimum absolute atomic E-state index is 0.0209. The number of carbonyl (C=O) groups is 3. The quantitative estimate of drug-likeness (QED) is 0.300. The third-order valence-electron chi connectivity index (χ3n) is 8.52. The van der Waals surface area contributed by atoms with Crippen molar-refractivity contribution in [2.24, 2.45) is 5.41 Å². The van der Waals surface area contributed by atoms with Gasteiger partial charge in [0.05, 0.1) is 37.3 Å². The van der Waals surface area contributed by atoms with Crippen LogP contribution in [0.15, 0.2) is 30.3 Å². The Labute approximate surface area is 232 Å². The number of rotatable bonds is 7. The zero-order chi connectivity index (χ0) is 28.8. The summed E-state index contributed by atoms with van der Waals surface area (Å²) in [5, 5.41) is 13.5. The molecule has 39 heavy (non-hydrogen) atoms. The summed E-state index contributed by atoms with van der Waals surface area (Å²) in [7, 11) is -1.74. The highest BCUT2D eigenvalue weighted by atomic mass is 28.3. The molecule has 2 heterocycles. The third-order valence-corrected chi connectivity index (χ3v) is 12.1. The van der Waals surface area contributed by atoms with E-state index in [1.807, 2.05) is 44.2 Å². The van der Waals surface area contributed by atoms with Crippen molar-refractivity contribution in [3.63, 3.8) is 0 Å². The topological polar surface area (TPSA) is 116 Å². The lowest BCUT2D eigenvalue weighted by atomic mass is 9.83. The van der Waals surface area contributed by atoms with Gasteiger partial charge in [-0.2, -0.15) is 5.10 Å². The maximum Gasteiger partial charge on any atom is 0.319 e. The average Bonchev–Trinajstić information content (AvgIpc) is 3.32. The minimum atomic E-state index is -1.74. The van der Waals surface area contributed by atoms with Crippen LogP contribution in [-0.2, 0) is 26.4 Å². The van der Waals surface area contributed by atoms with Crippen LogP contribution in [0.3, 0.4) is 0 Å². The van der Waals surface area contributed by atoms with Crippen LogP contribution in [0.25, 0.3) is 0 Å². The van der Waals surface area contributed by atoms with Gasteiger partial charge in [0.2, 0.25) is 5.91 Å². The van der Waals surface area contributed by atoms with Crippen molar-refractivity contribution in [3.8, 4) is 0 Å². The minimum Gasteiger partial charge on any atom is -0.463 e. The Morgan fingerprint density at radius 1 is 1.13 bits per heavy atom. The largest absolute Gasteiger partial charge is 0.463 e. The van der Waals surface area contributed by atoms with Gasteiger partial charge < -0.3 is 20.3 Å². The van der Waals surface area contributed by atoms with Crippen molar-refractivity contribution in [2.75, 3.05) is 11.9 Å². The molecule has 2 aliphatic rings. The molecule has 1 aromatic heterocycles. The number of urea groups is 1. The fraction of sp³-hybridized carbons (Fsp3) is 0.586. The summed E-state index contributed by atoms with van der Waals surface area (Å²) in [5.74, 6) is 0.220. The van der Waals surface area contributed by atoms with E-state index in [0.717, 1.165) is 36.1 Å². The van der Waals surface area contributed by atoms with Crippen LogP contribution in [0.5, 0.6) is 0 Å². The van der Waals surface area contributed by atoms with Crippen molar-refractivity contribution in [1.29, 1.82) is 0 Å². The van der Waals surface area contributed by atoms with Gasteiger partial charge in [-0.3, -0.25) is 14.7 Å². The summed E-state index contributed by atoms with van der Waals surface area (Å²) >= 11 is 0. The summed E-state index contributed by atoms with van der Waals surface area (Å²) in [5.41, 5.74) is 1.13. The molecule has 1 fully saturated rings. The Balaban J connectivity index is 1.51. The first-order valence-electron chi connectivity index (χ1n) is 13.8. The number of fused-ring (bicyclic) bond motifs is 1. The van der Waals surface area contributed by atoms with Crippen molar-refractivity contribution >= 4 is 31.8 Å². The molecular weight excluding hydrogens is 510 g/mol. The highest BCUT2D eigenvalue weighted by molar-refractivity contribution is 6.83. The molecular formula is C29H43N5O4Si. The number of aromatic nitrogens is 2. The number of nitrogens with zero attached hydrogens (tertiary/aromatic N) is 2. The Kier molecular flexibility index (Phi) is 7.48. The molecule has 0 bridgehead atoms. The van der Waals surface area contributed by atoms with E-state index in [0.29, 0.717) is 12.4 Å². The van der Waals surface area contributed by atoms with E-state index in [1.165, 1.54) is 0 Å². The molecule has 9 nitrogen and oxygen atoms in total. The number of amides is 3. The summed E-state index contributed by atoms with van der Waals surface area (Å²) < 4.78 is 5.59. The Morgan fingerprint density at radius 2 is 1.77 bits per heavy atom. The number of H-pyrrole nitrogens is 1. The molecule has 0 saturated heterocycles. The van der Waals surface area contributed by atoms with E-state index >= 15 is 0 Å². The van der Waals surface area contributed by atoms with Gasteiger partial charge in [-0.05, 0) is 53.0 Å². The molecule has 0 spiro atoms. The SMILES string of the molecule is CC(C)(C)C(=O)OC[C@@H](NC(=O)N1Cc2c(NC(=O)C3([Si](C)(C)C)CCC3)n[nH]c2C1(C)C)c1ccccc1. The van der Waals surface area contributed by atoms with Gasteiger partial charge in [-0.1, -0.05) is 56.4 Å². The second kappa shape index (κ2) is 10.1. The zero-order valence-electron chi connectivity index (χ0n) is 24.5. The molecule has 1 aliphatic heterocycles. The monoisotopic (exact) mass is 553 g/mol. The summed E-state index contributed by atoms with van der Waals surface area (Å²) in [6.45, 7) is 16.4. The number of nitrogens with one attached hydrogen (secondary N) is 3. The van der Waals surface area contributed by atoms with E-state index in [-0.39, 0.29) is 29.6 Å². The van der Waals surface area contributed by atoms with E-state index in [9.17, 15) is 14.4 Å². The van der Waals surface area contributed by atoms with Gasteiger partial charge in [-0.25, -0.2) is 4.79 Å². The lowest BCUT2D eigenvalue weighted by molar-refractivity contribution is -0.153. The van der Waals surface area contributed by atoms with Gasteiger partial charge in [0.1, 0.15) is 6.61 Å². The van der Waals surface area contributed by atoms with Crippen molar-refractivity contribution < 1.29 is 19.1 Å². The summed E-state index contributed by atoms with van der Waals surface area (Å²) in [6, 6.07) is 8.67.